The van der Waals surface area contributed by atoms with Crippen LogP contribution in [0.2, 0.25) is 0 Å². The summed E-state index contributed by atoms with van der Waals surface area (Å²) >= 11 is 0. The van der Waals surface area contributed by atoms with Gasteiger partial charge in [0, 0.05) is 0 Å². The van der Waals surface area contributed by atoms with Crippen molar-refractivity contribution in [2.75, 3.05) is 0 Å². The van der Waals surface area contributed by atoms with Gasteiger partial charge in [-0.1, -0.05) is 33.6 Å². The molecule has 0 amide bonds. The van der Waals surface area contributed by atoms with Crippen molar-refractivity contribution in [1.29, 1.82) is 0 Å². The molecule has 3 nitrogen and oxygen atoms in total. The molecule has 0 heterocycles. The fourth-order valence-corrected chi connectivity index (χ4v) is 1.09. The van der Waals surface area contributed by atoms with E-state index in [1.165, 1.54) is 0 Å². The first-order valence-corrected chi connectivity index (χ1v) is 4.41. The molecule has 0 fully saturated rings. The van der Waals surface area contributed by atoms with Crippen molar-refractivity contribution in [3.63, 3.8) is 0 Å². The largest absolute Gasteiger partial charge is 0.479 e. The average molecular weight is 174 g/mol. The molecule has 2 N–H and O–H groups in total. The van der Waals surface area contributed by atoms with E-state index in [1.807, 2.05) is 6.92 Å². The van der Waals surface area contributed by atoms with Crippen molar-refractivity contribution in [3.8, 4) is 0 Å². The summed E-state index contributed by atoms with van der Waals surface area (Å²) in [5, 5.41) is 18.5. The van der Waals surface area contributed by atoms with E-state index in [2.05, 4.69) is 0 Å². The fraction of sp³-hybridized carbons (Fsp3) is 0.889. The van der Waals surface area contributed by atoms with Crippen molar-refractivity contribution in [2.45, 2.75) is 45.6 Å². The van der Waals surface area contributed by atoms with Crippen LogP contribution in [0.3, 0.4) is 0 Å². The zero-order chi connectivity index (χ0) is 9.78. The lowest BCUT2D eigenvalue weighted by molar-refractivity contribution is -0.164. The Bertz CT molecular complexity index is 154. The van der Waals surface area contributed by atoms with Gasteiger partial charge in [0.1, 0.15) is 0 Å². The van der Waals surface area contributed by atoms with E-state index in [9.17, 15) is 9.90 Å². The lowest BCUT2D eigenvalue weighted by atomic mass is 9.86. The molecule has 0 aliphatic carbocycles. The second-order valence-electron chi connectivity index (χ2n) is 3.49. The molecule has 0 aromatic carbocycles. The Hall–Kier alpha value is -0.570. The van der Waals surface area contributed by atoms with E-state index < -0.39 is 11.6 Å². The van der Waals surface area contributed by atoms with Crippen molar-refractivity contribution < 1.29 is 15.0 Å². The first-order valence-electron chi connectivity index (χ1n) is 4.41. The molecule has 0 bridgehead atoms. The van der Waals surface area contributed by atoms with Crippen LogP contribution in [-0.2, 0) is 4.79 Å². The monoisotopic (exact) mass is 174 g/mol. The van der Waals surface area contributed by atoms with E-state index in [0.29, 0.717) is 6.42 Å². The molecule has 0 spiro atoms. The van der Waals surface area contributed by atoms with Crippen LogP contribution in [0.15, 0.2) is 0 Å². The Balaban J connectivity index is 4.29. The second-order valence-corrected chi connectivity index (χ2v) is 3.49. The molecule has 0 aliphatic rings. The third kappa shape index (κ3) is 2.48. The van der Waals surface area contributed by atoms with Crippen LogP contribution in [0.1, 0.15) is 40.0 Å². The van der Waals surface area contributed by atoms with E-state index >= 15 is 0 Å². The highest BCUT2D eigenvalue weighted by Crippen LogP contribution is 2.23. The fourth-order valence-electron chi connectivity index (χ4n) is 1.09. The van der Waals surface area contributed by atoms with E-state index in [0.717, 1.165) is 12.8 Å². The van der Waals surface area contributed by atoms with Crippen LogP contribution in [0.4, 0.5) is 0 Å². The first-order chi connectivity index (χ1) is 5.45. The third-order valence-corrected chi connectivity index (χ3v) is 2.24. The normalized spacial score (nSPS) is 16.1. The molecule has 0 aliphatic heterocycles. The summed E-state index contributed by atoms with van der Waals surface area (Å²) in [6, 6.07) is 0. The van der Waals surface area contributed by atoms with Crippen molar-refractivity contribution in [2.24, 2.45) is 5.92 Å². The lowest BCUT2D eigenvalue weighted by Gasteiger charge is -2.27. The van der Waals surface area contributed by atoms with Gasteiger partial charge in [0.25, 0.3) is 0 Å². The predicted molar refractivity (Wildman–Crippen MR) is 46.9 cm³/mol. The number of aliphatic hydroxyl groups is 1. The number of hydrogen-bond acceptors (Lipinski definition) is 2. The number of rotatable bonds is 5. The number of carboxylic acids is 1. The van der Waals surface area contributed by atoms with Gasteiger partial charge < -0.3 is 10.2 Å². The molecule has 3 heteroatoms. The number of unbranched alkanes of at least 4 members (excludes halogenated alkanes) is 1. The van der Waals surface area contributed by atoms with Gasteiger partial charge in [0.15, 0.2) is 5.60 Å². The minimum atomic E-state index is -1.53. The smallest absolute Gasteiger partial charge is 0.335 e. The second kappa shape index (κ2) is 4.45. The third-order valence-electron chi connectivity index (χ3n) is 2.24. The number of carbonyl (C=O) groups is 1. The average Bonchev–Trinajstić information content (AvgIpc) is 1.99. The summed E-state index contributed by atoms with van der Waals surface area (Å²) in [4.78, 5) is 10.7. The zero-order valence-electron chi connectivity index (χ0n) is 8.00. The highest BCUT2D eigenvalue weighted by atomic mass is 16.4. The molecule has 0 saturated carbocycles. The van der Waals surface area contributed by atoms with Gasteiger partial charge in [-0.3, -0.25) is 0 Å². The van der Waals surface area contributed by atoms with Crippen molar-refractivity contribution in [3.05, 3.63) is 0 Å². The maximum absolute atomic E-state index is 10.7. The Kier molecular flexibility index (Phi) is 4.24. The van der Waals surface area contributed by atoms with Gasteiger partial charge in [-0.2, -0.15) is 0 Å². The molecule has 0 radical (unpaired) electrons. The van der Waals surface area contributed by atoms with Gasteiger partial charge in [0.05, 0.1) is 0 Å². The van der Waals surface area contributed by atoms with E-state index in [1.54, 1.807) is 13.8 Å². The molecule has 1 atom stereocenters. The van der Waals surface area contributed by atoms with E-state index in [4.69, 9.17) is 5.11 Å². The maximum atomic E-state index is 10.7. The van der Waals surface area contributed by atoms with Gasteiger partial charge in [-0.25, -0.2) is 4.79 Å². The zero-order valence-corrected chi connectivity index (χ0v) is 8.00. The number of aliphatic carboxylic acids is 1. The summed E-state index contributed by atoms with van der Waals surface area (Å²) in [5.74, 6) is -1.34. The van der Waals surface area contributed by atoms with Crippen molar-refractivity contribution in [1.82, 2.24) is 0 Å². The molecule has 0 rings (SSSR count). The van der Waals surface area contributed by atoms with Gasteiger partial charge in [0.2, 0.25) is 0 Å². The molecular weight excluding hydrogens is 156 g/mol. The van der Waals surface area contributed by atoms with Crippen LogP contribution in [0.25, 0.3) is 0 Å². The Morgan fingerprint density at radius 1 is 1.50 bits per heavy atom. The molecule has 0 aromatic heterocycles. The SMILES string of the molecule is CCCCC(O)(C(=O)O)C(C)C. The van der Waals surface area contributed by atoms with Crippen LogP contribution in [0.5, 0.6) is 0 Å². The van der Waals surface area contributed by atoms with Crippen LogP contribution in [0, 0.1) is 5.92 Å². The lowest BCUT2D eigenvalue weighted by Crippen LogP contribution is -2.43. The summed E-state index contributed by atoms with van der Waals surface area (Å²) in [7, 11) is 0. The van der Waals surface area contributed by atoms with E-state index in [-0.39, 0.29) is 5.92 Å². The first kappa shape index (κ1) is 11.4. The molecule has 0 aromatic rings. The summed E-state index contributed by atoms with van der Waals surface area (Å²) in [5.41, 5.74) is -1.53. The minimum absolute atomic E-state index is 0.235. The maximum Gasteiger partial charge on any atom is 0.335 e. The van der Waals surface area contributed by atoms with Crippen LogP contribution in [-0.4, -0.2) is 21.8 Å². The molecule has 0 saturated heterocycles. The van der Waals surface area contributed by atoms with Gasteiger partial charge in [-0.05, 0) is 12.3 Å². The Labute approximate surface area is 73.4 Å². The minimum Gasteiger partial charge on any atom is -0.479 e. The number of hydrogen-bond donors (Lipinski definition) is 2. The van der Waals surface area contributed by atoms with Gasteiger partial charge in [-0.15, -0.1) is 0 Å². The summed E-state index contributed by atoms with van der Waals surface area (Å²) < 4.78 is 0. The summed E-state index contributed by atoms with van der Waals surface area (Å²) in [6.45, 7) is 5.43. The van der Waals surface area contributed by atoms with Crippen LogP contribution < -0.4 is 0 Å². The molecular formula is C9H18O3. The number of carboxylic acid groups (broad SMARTS) is 1. The highest BCUT2D eigenvalue weighted by molar-refractivity contribution is 5.77. The van der Waals surface area contributed by atoms with Gasteiger partial charge >= 0.3 is 5.97 Å². The topological polar surface area (TPSA) is 57.5 Å². The standard InChI is InChI=1S/C9H18O3/c1-4-5-6-9(12,7(2)3)8(10)11/h7,12H,4-6H2,1-3H3,(H,10,11). The Morgan fingerprint density at radius 2 is 2.00 bits per heavy atom. The van der Waals surface area contributed by atoms with Crippen LogP contribution >= 0.6 is 0 Å². The highest BCUT2D eigenvalue weighted by Gasteiger charge is 2.38. The molecule has 72 valence electrons. The molecule has 12 heavy (non-hydrogen) atoms. The molecule has 1 unspecified atom stereocenters. The quantitative estimate of drug-likeness (QED) is 0.666. The Morgan fingerprint density at radius 3 is 2.25 bits per heavy atom. The predicted octanol–water partition coefficient (Wildman–Crippen LogP) is 1.65. The van der Waals surface area contributed by atoms with Crippen molar-refractivity contribution >= 4 is 5.97 Å². The summed E-state index contributed by atoms with van der Waals surface area (Å²) in [6.07, 6.45) is 2.00.